The number of phosphoric acid groups is 2. The van der Waals surface area contributed by atoms with Crippen LogP contribution >= 0.6 is 15.6 Å². The molecule has 98 heavy (non-hydrogen) atoms. The number of unbranched alkanes of at least 4 members (excludes halogenated alkanes) is 30. The monoisotopic (exact) mass is 1420 g/mol. The molecule has 0 radical (unpaired) electrons. The van der Waals surface area contributed by atoms with Gasteiger partial charge in [0.1, 0.15) is 19.3 Å². The largest absolute Gasteiger partial charge is 0.472 e. The predicted octanol–water partition coefficient (Wildman–Crippen LogP) is 22.0. The van der Waals surface area contributed by atoms with Crippen LogP contribution in [0, 0.1) is 0 Å². The lowest BCUT2D eigenvalue weighted by atomic mass is 10.0. The number of aliphatic hydroxyl groups is 1. The number of hydrogen-bond donors (Lipinski definition) is 3. The SMILES string of the molecule is CC/C=C\C/C=C\C/C=C\C/C=C\CCCCCCC(=O)OCC(COP(=O)(O)OCC(O)COP(=O)(O)OCC(COC(=O)CCCCCCC/C=C\C/C=C\C/C=C\CC)OC(=O)CCCCCCCCCCCCCCCCC)OC(=O)CCCCCCC/C=C\CCCC. The quantitative estimate of drug-likeness (QED) is 0.0169. The lowest BCUT2D eigenvalue weighted by molar-refractivity contribution is -0.161. The summed E-state index contributed by atoms with van der Waals surface area (Å²) in [7, 11) is -9.95. The molecule has 5 unspecified atom stereocenters. The Bertz CT molecular complexity index is 2240. The third-order valence-corrected chi connectivity index (χ3v) is 17.9. The summed E-state index contributed by atoms with van der Waals surface area (Å²) in [5.74, 6) is -2.21. The summed E-state index contributed by atoms with van der Waals surface area (Å²) in [6.07, 6.45) is 74.0. The Morgan fingerprint density at radius 3 is 0.857 bits per heavy atom. The van der Waals surface area contributed by atoms with Gasteiger partial charge < -0.3 is 33.8 Å². The van der Waals surface area contributed by atoms with Crippen molar-refractivity contribution >= 4 is 39.5 Å². The summed E-state index contributed by atoms with van der Waals surface area (Å²) >= 11 is 0. The Morgan fingerprint density at radius 1 is 0.296 bits per heavy atom. The van der Waals surface area contributed by atoms with Gasteiger partial charge >= 0.3 is 39.5 Å². The van der Waals surface area contributed by atoms with E-state index in [9.17, 15) is 43.2 Å². The van der Waals surface area contributed by atoms with Gasteiger partial charge in [0.2, 0.25) is 0 Å². The molecule has 0 aromatic rings. The molecule has 0 aromatic carbocycles. The third-order valence-electron chi connectivity index (χ3n) is 16.0. The molecule has 3 N–H and O–H groups in total. The van der Waals surface area contributed by atoms with E-state index in [1.54, 1.807) is 0 Å². The normalized spacial score (nSPS) is 14.5. The van der Waals surface area contributed by atoms with E-state index in [4.69, 9.17) is 37.0 Å². The first-order chi connectivity index (χ1) is 47.7. The first kappa shape index (κ1) is 94.0. The maximum atomic E-state index is 13.1. The maximum absolute atomic E-state index is 13.1. The zero-order valence-electron chi connectivity index (χ0n) is 61.7. The Balaban J connectivity index is 5.34. The number of hydrogen-bond acceptors (Lipinski definition) is 15. The number of esters is 4. The molecule has 566 valence electrons. The standard InChI is InChI=1S/C79H138O17P2/c1-5-9-13-17-21-25-29-32-35-36-39-41-45-48-52-56-60-64-77(82)89-69-74(95-78(83)65-61-57-53-49-43-28-24-20-16-12-8-4)71-93-97(85,86)91-67-73(80)68-92-98(87,88)94-72-75(96-79(84)66-62-58-54-50-46-42-38-34-31-27-23-19-15-11-7-3)70-90-76(81)63-59-55-51-47-44-40-37-33-30-26-22-18-14-10-6-2/h9-10,13-14,20-22,24-26,32-33,35,37,39,41,73-75,80H,5-8,11-12,15-19,23,27-31,34,36,38,40,42-72H2,1-4H3,(H,85,86)(H,87,88)/b13-9-,14-10-,24-20-,25-21-,26-22-,35-32-,37-33-,41-39-. The molecule has 0 saturated carbocycles. The fraction of sp³-hybridized carbons (Fsp3) is 0.747. The van der Waals surface area contributed by atoms with Gasteiger partial charge in [-0.15, -0.1) is 0 Å². The van der Waals surface area contributed by atoms with Crippen molar-refractivity contribution in [3.05, 3.63) is 97.2 Å². The Hall–Kier alpha value is -4.02. The average molecular weight is 1420 g/mol. The third kappa shape index (κ3) is 70.4. The molecule has 0 aliphatic rings. The number of carbonyl (C=O) groups is 4. The van der Waals surface area contributed by atoms with E-state index >= 15 is 0 Å². The molecule has 0 rings (SSSR count). The number of carbonyl (C=O) groups excluding carboxylic acids is 4. The average Bonchev–Trinajstić information content (AvgIpc) is 0.986. The van der Waals surface area contributed by atoms with Crippen LogP contribution in [0.4, 0.5) is 0 Å². The van der Waals surface area contributed by atoms with Gasteiger partial charge in [-0.05, 0) is 116 Å². The summed E-state index contributed by atoms with van der Waals surface area (Å²) in [6.45, 7) is 4.58. The minimum atomic E-state index is -4.98. The summed E-state index contributed by atoms with van der Waals surface area (Å²) < 4.78 is 68.4. The van der Waals surface area contributed by atoms with Crippen molar-refractivity contribution in [2.24, 2.45) is 0 Å². The molecule has 0 bridgehead atoms. The Labute approximate surface area is 595 Å². The number of aliphatic hydroxyl groups excluding tert-OH is 1. The van der Waals surface area contributed by atoms with E-state index in [1.807, 2.05) is 0 Å². The van der Waals surface area contributed by atoms with E-state index in [0.29, 0.717) is 25.7 Å². The second kappa shape index (κ2) is 71.4. The molecule has 0 aromatic heterocycles. The maximum Gasteiger partial charge on any atom is 0.472 e. The highest BCUT2D eigenvalue weighted by atomic mass is 31.2. The van der Waals surface area contributed by atoms with Gasteiger partial charge in [-0.2, -0.15) is 0 Å². The number of ether oxygens (including phenoxy) is 4. The summed E-state index contributed by atoms with van der Waals surface area (Å²) in [4.78, 5) is 72.8. The van der Waals surface area contributed by atoms with E-state index in [-0.39, 0.29) is 25.7 Å². The van der Waals surface area contributed by atoms with Crippen molar-refractivity contribution < 1.29 is 80.2 Å². The fourth-order valence-electron chi connectivity index (χ4n) is 10.2. The van der Waals surface area contributed by atoms with Crippen LogP contribution in [0.1, 0.15) is 323 Å². The lowest BCUT2D eigenvalue weighted by Crippen LogP contribution is -2.30. The molecule has 0 fully saturated rings. The van der Waals surface area contributed by atoms with Crippen molar-refractivity contribution in [1.82, 2.24) is 0 Å². The van der Waals surface area contributed by atoms with Crippen molar-refractivity contribution in [2.75, 3.05) is 39.6 Å². The highest BCUT2D eigenvalue weighted by Gasteiger charge is 2.30. The molecule has 19 heteroatoms. The van der Waals surface area contributed by atoms with Crippen LogP contribution < -0.4 is 0 Å². The molecular weight excluding hydrogens is 1280 g/mol. The van der Waals surface area contributed by atoms with Crippen molar-refractivity contribution in [3.63, 3.8) is 0 Å². The zero-order chi connectivity index (χ0) is 71.8. The molecule has 0 amide bonds. The molecular formula is C79H138O17P2. The van der Waals surface area contributed by atoms with E-state index < -0.39 is 97.5 Å². The van der Waals surface area contributed by atoms with Crippen molar-refractivity contribution in [3.8, 4) is 0 Å². The van der Waals surface area contributed by atoms with E-state index in [2.05, 4.69) is 125 Å². The highest BCUT2D eigenvalue weighted by Crippen LogP contribution is 2.45. The van der Waals surface area contributed by atoms with Crippen LogP contribution in [0.2, 0.25) is 0 Å². The van der Waals surface area contributed by atoms with Gasteiger partial charge in [-0.25, -0.2) is 9.13 Å². The first-order valence-electron chi connectivity index (χ1n) is 38.5. The van der Waals surface area contributed by atoms with Gasteiger partial charge in [-0.3, -0.25) is 37.3 Å². The van der Waals surface area contributed by atoms with Gasteiger partial charge in [0, 0.05) is 25.7 Å². The summed E-state index contributed by atoms with van der Waals surface area (Å²) in [5, 5.41) is 10.6. The minimum absolute atomic E-state index is 0.0787. The first-order valence-corrected chi connectivity index (χ1v) is 41.5. The minimum Gasteiger partial charge on any atom is -0.462 e. The number of phosphoric ester groups is 2. The smallest absolute Gasteiger partial charge is 0.462 e. The van der Waals surface area contributed by atoms with Crippen molar-refractivity contribution in [1.29, 1.82) is 0 Å². The molecule has 17 nitrogen and oxygen atoms in total. The van der Waals surface area contributed by atoms with Gasteiger partial charge in [0.25, 0.3) is 0 Å². The highest BCUT2D eigenvalue weighted by molar-refractivity contribution is 7.47. The predicted molar refractivity (Wildman–Crippen MR) is 399 cm³/mol. The molecule has 5 atom stereocenters. The molecule has 0 saturated heterocycles. The number of allylic oxidation sites excluding steroid dienone is 16. The zero-order valence-corrected chi connectivity index (χ0v) is 63.5. The van der Waals surface area contributed by atoms with Crippen LogP contribution in [0.25, 0.3) is 0 Å². The summed E-state index contributed by atoms with van der Waals surface area (Å²) in [6, 6.07) is 0. The van der Waals surface area contributed by atoms with Crippen LogP contribution in [-0.4, -0.2) is 96.7 Å². The van der Waals surface area contributed by atoms with E-state index in [0.717, 1.165) is 167 Å². The van der Waals surface area contributed by atoms with E-state index in [1.165, 1.54) is 77.0 Å². The lowest BCUT2D eigenvalue weighted by Gasteiger charge is -2.21. The Morgan fingerprint density at radius 2 is 0.541 bits per heavy atom. The van der Waals surface area contributed by atoms with Crippen LogP contribution in [0.5, 0.6) is 0 Å². The fourth-order valence-corrected chi connectivity index (χ4v) is 11.8. The van der Waals surface area contributed by atoms with Gasteiger partial charge in [0.15, 0.2) is 12.2 Å². The van der Waals surface area contributed by atoms with Gasteiger partial charge in [0.05, 0.1) is 26.4 Å². The summed E-state index contributed by atoms with van der Waals surface area (Å²) in [5.41, 5.74) is 0. The second-order valence-corrected chi connectivity index (χ2v) is 28.4. The van der Waals surface area contributed by atoms with Crippen LogP contribution in [0.15, 0.2) is 97.2 Å². The topological polar surface area (TPSA) is 237 Å². The van der Waals surface area contributed by atoms with Crippen molar-refractivity contribution in [2.45, 2.75) is 341 Å². The number of rotatable bonds is 72. The molecule has 0 spiro atoms. The van der Waals surface area contributed by atoms with Gasteiger partial charge in [-0.1, -0.05) is 279 Å². The molecule has 0 aliphatic carbocycles. The second-order valence-electron chi connectivity index (χ2n) is 25.5. The molecule has 0 heterocycles. The van der Waals surface area contributed by atoms with Crippen LogP contribution in [-0.2, 0) is 65.4 Å². The van der Waals surface area contributed by atoms with Crippen LogP contribution in [0.3, 0.4) is 0 Å². The Kier molecular flexibility index (Phi) is 68.4. The molecule has 0 aliphatic heterocycles.